The fourth-order valence-electron chi connectivity index (χ4n) is 2.66. The van der Waals surface area contributed by atoms with Gasteiger partial charge in [-0.3, -0.25) is 4.79 Å². The van der Waals surface area contributed by atoms with Gasteiger partial charge in [0.15, 0.2) is 6.61 Å². The summed E-state index contributed by atoms with van der Waals surface area (Å²) >= 11 is 0. The number of nitrogens with one attached hydrogen (secondary N) is 1. The van der Waals surface area contributed by atoms with E-state index in [-0.39, 0.29) is 5.56 Å². The quantitative estimate of drug-likeness (QED) is 0.672. The molecule has 1 amide bonds. The van der Waals surface area contributed by atoms with Crippen LogP contribution in [0.25, 0.3) is 5.69 Å². The molecule has 0 aliphatic carbocycles. The van der Waals surface area contributed by atoms with Gasteiger partial charge in [-0.25, -0.2) is 9.48 Å². The molecule has 8 heteroatoms. The van der Waals surface area contributed by atoms with Crippen molar-refractivity contribution in [2.75, 3.05) is 11.9 Å². The molecule has 8 nitrogen and oxygen atoms in total. The van der Waals surface area contributed by atoms with Crippen molar-refractivity contribution < 1.29 is 18.8 Å². The van der Waals surface area contributed by atoms with Crippen molar-refractivity contribution in [1.82, 2.24) is 14.9 Å². The monoisotopic (exact) mass is 368 g/mol. The largest absolute Gasteiger partial charge is 0.452 e. The molecule has 0 fully saturated rings. The van der Waals surface area contributed by atoms with Gasteiger partial charge in [-0.1, -0.05) is 30.3 Å². The Balaban J connectivity index is 1.67. The molecule has 0 atom stereocenters. The third-order valence-electron chi connectivity index (χ3n) is 3.91. The van der Waals surface area contributed by atoms with Crippen LogP contribution in [0.4, 0.5) is 5.82 Å². The van der Waals surface area contributed by atoms with Crippen LogP contribution in [0.5, 0.6) is 0 Å². The van der Waals surface area contributed by atoms with E-state index in [9.17, 15) is 9.59 Å². The molecule has 3 rings (SSSR count). The zero-order chi connectivity index (χ0) is 19.4. The molecule has 0 aliphatic rings. The fourth-order valence-corrected chi connectivity index (χ4v) is 2.66. The van der Waals surface area contributed by atoms with Gasteiger partial charge < -0.3 is 14.6 Å². The maximum Gasteiger partial charge on any atom is 0.344 e. The second-order valence-corrected chi connectivity index (χ2v) is 5.96. The number of rotatable bonds is 6. The highest BCUT2D eigenvalue weighted by Crippen LogP contribution is 2.17. The zero-order valence-corrected chi connectivity index (χ0v) is 15.4. The molecule has 27 heavy (non-hydrogen) atoms. The minimum absolute atomic E-state index is 0.274. The SMILES string of the molecule is CCc1noc(C)c1C(=O)OCC(=O)Nc1cc(C)nn1-c1ccccc1. The van der Waals surface area contributed by atoms with Crippen molar-refractivity contribution in [3.05, 3.63) is 59.1 Å². The van der Waals surface area contributed by atoms with Gasteiger partial charge in [-0.05, 0) is 32.4 Å². The van der Waals surface area contributed by atoms with E-state index in [4.69, 9.17) is 9.26 Å². The maximum absolute atomic E-state index is 12.3. The summed E-state index contributed by atoms with van der Waals surface area (Å²) < 4.78 is 11.7. The summed E-state index contributed by atoms with van der Waals surface area (Å²) in [7, 11) is 0. The van der Waals surface area contributed by atoms with Crippen LogP contribution in [0.15, 0.2) is 40.9 Å². The molecule has 1 N–H and O–H groups in total. The Labute approximate surface area is 156 Å². The van der Waals surface area contributed by atoms with E-state index in [2.05, 4.69) is 15.6 Å². The first-order chi connectivity index (χ1) is 13.0. The Morgan fingerprint density at radius 2 is 1.96 bits per heavy atom. The number of hydrogen-bond acceptors (Lipinski definition) is 6. The van der Waals surface area contributed by atoms with Crippen LogP contribution in [0.1, 0.15) is 34.4 Å². The van der Waals surface area contributed by atoms with Crippen LogP contribution in [-0.4, -0.2) is 33.4 Å². The molecule has 0 unspecified atom stereocenters. The number of carbonyl (C=O) groups excluding carboxylic acids is 2. The minimum Gasteiger partial charge on any atom is -0.452 e. The summed E-state index contributed by atoms with van der Waals surface area (Å²) in [5.41, 5.74) is 2.34. The second kappa shape index (κ2) is 7.86. The lowest BCUT2D eigenvalue weighted by Crippen LogP contribution is -2.22. The van der Waals surface area contributed by atoms with Crippen LogP contribution in [0.2, 0.25) is 0 Å². The molecule has 0 bridgehead atoms. The Hall–Kier alpha value is -3.42. The number of aryl methyl sites for hydroxylation is 3. The number of hydrogen-bond donors (Lipinski definition) is 1. The predicted molar refractivity (Wildman–Crippen MR) is 97.8 cm³/mol. The first kappa shape index (κ1) is 18.4. The number of nitrogens with zero attached hydrogens (tertiary/aromatic N) is 3. The number of benzene rings is 1. The average molecular weight is 368 g/mol. The second-order valence-electron chi connectivity index (χ2n) is 5.96. The lowest BCUT2D eigenvalue weighted by molar-refractivity contribution is -0.119. The van der Waals surface area contributed by atoms with Crippen molar-refractivity contribution in [1.29, 1.82) is 0 Å². The van der Waals surface area contributed by atoms with Gasteiger partial charge in [0.05, 0.1) is 17.1 Å². The topological polar surface area (TPSA) is 99.2 Å². The Morgan fingerprint density at radius 3 is 2.67 bits per heavy atom. The molecule has 0 saturated carbocycles. The normalized spacial score (nSPS) is 10.6. The van der Waals surface area contributed by atoms with Crippen LogP contribution < -0.4 is 5.32 Å². The molecule has 2 aromatic heterocycles. The number of esters is 1. The van der Waals surface area contributed by atoms with Crippen molar-refractivity contribution in [2.24, 2.45) is 0 Å². The van der Waals surface area contributed by atoms with Crippen LogP contribution in [0, 0.1) is 13.8 Å². The Kier molecular flexibility index (Phi) is 5.35. The number of anilines is 1. The summed E-state index contributed by atoms with van der Waals surface area (Å²) in [4.78, 5) is 24.5. The number of aromatic nitrogens is 3. The van der Waals surface area contributed by atoms with Gasteiger partial charge >= 0.3 is 5.97 Å². The highest BCUT2D eigenvalue weighted by molar-refractivity contribution is 5.96. The van der Waals surface area contributed by atoms with Crippen LogP contribution >= 0.6 is 0 Å². The van der Waals surface area contributed by atoms with E-state index in [0.29, 0.717) is 23.7 Å². The molecular weight excluding hydrogens is 348 g/mol. The smallest absolute Gasteiger partial charge is 0.344 e. The number of ether oxygens (including phenoxy) is 1. The average Bonchev–Trinajstić information content (AvgIpc) is 3.22. The highest BCUT2D eigenvalue weighted by Gasteiger charge is 2.21. The number of carbonyl (C=O) groups is 2. The minimum atomic E-state index is -0.631. The van der Waals surface area contributed by atoms with Crippen molar-refractivity contribution in [3.63, 3.8) is 0 Å². The van der Waals surface area contributed by atoms with Gasteiger partial charge in [-0.15, -0.1) is 0 Å². The summed E-state index contributed by atoms with van der Waals surface area (Å²) in [6.07, 6.45) is 0.531. The van der Waals surface area contributed by atoms with Crippen molar-refractivity contribution >= 4 is 17.7 Å². The van der Waals surface area contributed by atoms with Crippen molar-refractivity contribution in [3.8, 4) is 5.69 Å². The molecule has 140 valence electrons. The molecule has 0 aliphatic heterocycles. The molecule has 3 aromatic rings. The van der Waals surface area contributed by atoms with Gasteiger partial charge in [0.25, 0.3) is 5.91 Å². The van der Waals surface area contributed by atoms with E-state index in [0.717, 1.165) is 11.4 Å². The Bertz CT molecular complexity index is 960. The van der Waals surface area contributed by atoms with Gasteiger partial charge in [0.2, 0.25) is 0 Å². The van der Waals surface area contributed by atoms with Gasteiger partial charge in [-0.2, -0.15) is 5.10 Å². The van der Waals surface area contributed by atoms with E-state index >= 15 is 0 Å². The van der Waals surface area contributed by atoms with Crippen LogP contribution in [-0.2, 0) is 16.0 Å². The lowest BCUT2D eigenvalue weighted by atomic mass is 10.1. The molecule has 0 saturated heterocycles. The summed E-state index contributed by atoms with van der Waals surface area (Å²) in [6.45, 7) is 4.89. The van der Waals surface area contributed by atoms with E-state index in [1.165, 1.54) is 0 Å². The maximum atomic E-state index is 12.3. The fraction of sp³-hybridized carbons (Fsp3) is 0.263. The lowest BCUT2D eigenvalue weighted by Gasteiger charge is -2.09. The van der Waals surface area contributed by atoms with Crippen LogP contribution in [0.3, 0.4) is 0 Å². The van der Waals surface area contributed by atoms with E-state index in [1.807, 2.05) is 44.2 Å². The molecule has 2 heterocycles. The first-order valence-electron chi connectivity index (χ1n) is 8.53. The Morgan fingerprint density at radius 1 is 1.22 bits per heavy atom. The third kappa shape index (κ3) is 4.05. The molecule has 0 spiro atoms. The van der Waals surface area contributed by atoms with Gasteiger partial charge in [0, 0.05) is 6.07 Å². The number of amides is 1. The number of para-hydroxylation sites is 1. The standard InChI is InChI=1S/C19H20N4O4/c1-4-15-18(13(3)27-22-15)19(25)26-11-17(24)20-16-10-12(2)21-23(16)14-8-6-5-7-9-14/h5-10H,4,11H2,1-3H3,(H,20,24). The third-order valence-corrected chi connectivity index (χ3v) is 3.91. The highest BCUT2D eigenvalue weighted by atomic mass is 16.5. The summed E-state index contributed by atoms with van der Waals surface area (Å²) in [5, 5.41) is 10.9. The molecular formula is C19H20N4O4. The summed E-state index contributed by atoms with van der Waals surface area (Å²) in [6, 6.07) is 11.2. The van der Waals surface area contributed by atoms with Crippen molar-refractivity contribution in [2.45, 2.75) is 27.2 Å². The predicted octanol–water partition coefficient (Wildman–Crippen LogP) is 2.84. The summed E-state index contributed by atoms with van der Waals surface area (Å²) in [5.74, 6) is -0.230. The zero-order valence-electron chi connectivity index (χ0n) is 15.4. The van der Waals surface area contributed by atoms with E-state index < -0.39 is 18.5 Å². The van der Waals surface area contributed by atoms with Gasteiger partial charge in [0.1, 0.15) is 17.1 Å². The molecule has 1 aromatic carbocycles. The first-order valence-corrected chi connectivity index (χ1v) is 8.53. The molecule has 0 radical (unpaired) electrons. The van der Waals surface area contributed by atoms with E-state index in [1.54, 1.807) is 17.7 Å².